The number of carbonyl (C=O) groups excluding carboxylic acids is 1. The molecule has 0 fully saturated rings. The van der Waals surface area contributed by atoms with E-state index < -0.39 is 0 Å². The SMILES string of the molecule is Cc1cccc(CSc2nc3nc4c(cn3n2)C(=O)CCC4)c1. The number of ketones is 1. The standard InChI is InChI=1S/C17H16N4OS/c1-11-4-2-5-12(8-11)10-23-17-19-16-18-14-6-3-7-15(22)13(14)9-21(16)20-17/h2,4-5,8-9H,3,6-7,10H2,1H3. The molecule has 4 rings (SSSR count). The number of fused-ring (bicyclic) bond motifs is 2. The number of rotatable bonds is 3. The molecule has 0 N–H and O–H groups in total. The molecule has 0 unspecified atom stereocenters. The summed E-state index contributed by atoms with van der Waals surface area (Å²) in [6.45, 7) is 2.09. The Morgan fingerprint density at radius 1 is 1.26 bits per heavy atom. The highest BCUT2D eigenvalue weighted by molar-refractivity contribution is 7.98. The van der Waals surface area contributed by atoms with Gasteiger partial charge in [0.2, 0.25) is 5.16 Å². The third-order valence-corrected chi connectivity index (χ3v) is 4.87. The molecule has 1 aliphatic carbocycles. The van der Waals surface area contributed by atoms with Crippen molar-refractivity contribution in [1.29, 1.82) is 0 Å². The van der Waals surface area contributed by atoms with Gasteiger partial charge in [-0.15, -0.1) is 5.10 Å². The van der Waals surface area contributed by atoms with Crippen molar-refractivity contribution in [3.63, 3.8) is 0 Å². The van der Waals surface area contributed by atoms with Crippen LogP contribution in [0.2, 0.25) is 0 Å². The molecule has 0 saturated carbocycles. The van der Waals surface area contributed by atoms with E-state index >= 15 is 0 Å². The van der Waals surface area contributed by atoms with Gasteiger partial charge in [-0.2, -0.15) is 4.98 Å². The third-order valence-electron chi connectivity index (χ3n) is 3.96. The molecule has 0 saturated heterocycles. The lowest BCUT2D eigenvalue weighted by molar-refractivity contribution is 0.0971. The number of thioether (sulfide) groups is 1. The summed E-state index contributed by atoms with van der Waals surface area (Å²) in [6.07, 6.45) is 4.10. The molecule has 1 aromatic carbocycles. The van der Waals surface area contributed by atoms with E-state index in [2.05, 4.69) is 46.3 Å². The Hall–Kier alpha value is -2.21. The number of carbonyl (C=O) groups is 1. The summed E-state index contributed by atoms with van der Waals surface area (Å²) >= 11 is 1.58. The fraction of sp³-hybridized carbons (Fsp3) is 0.294. The van der Waals surface area contributed by atoms with Crippen molar-refractivity contribution in [2.45, 2.75) is 37.1 Å². The summed E-state index contributed by atoms with van der Waals surface area (Å²) in [6, 6.07) is 8.41. The van der Waals surface area contributed by atoms with Crippen LogP contribution >= 0.6 is 11.8 Å². The van der Waals surface area contributed by atoms with Crippen molar-refractivity contribution in [3.05, 3.63) is 52.8 Å². The van der Waals surface area contributed by atoms with E-state index in [1.54, 1.807) is 22.5 Å². The van der Waals surface area contributed by atoms with Crippen LogP contribution in [-0.4, -0.2) is 25.4 Å². The monoisotopic (exact) mass is 324 g/mol. The zero-order valence-corrected chi connectivity index (χ0v) is 13.6. The predicted octanol–water partition coefficient (Wildman–Crippen LogP) is 3.24. The number of benzene rings is 1. The van der Waals surface area contributed by atoms with Gasteiger partial charge in [-0.3, -0.25) is 4.79 Å². The van der Waals surface area contributed by atoms with Gasteiger partial charge in [-0.1, -0.05) is 41.6 Å². The van der Waals surface area contributed by atoms with Crippen molar-refractivity contribution in [3.8, 4) is 0 Å². The number of aryl methyl sites for hydroxylation is 2. The van der Waals surface area contributed by atoms with Crippen molar-refractivity contribution in [2.24, 2.45) is 0 Å². The lowest BCUT2D eigenvalue weighted by Gasteiger charge is -2.12. The van der Waals surface area contributed by atoms with Gasteiger partial charge in [0.05, 0.1) is 11.3 Å². The van der Waals surface area contributed by atoms with Crippen LogP contribution in [0, 0.1) is 6.92 Å². The minimum Gasteiger partial charge on any atom is -0.294 e. The van der Waals surface area contributed by atoms with Crippen LogP contribution in [0.5, 0.6) is 0 Å². The van der Waals surface area contributed by atoms with Crippen LogP contribution < -0.4 is 0 Å². The average Bonchev–Trinajstić information content (AvgIpc) is 2.93. The third kappa shape index (κ3) is 2.86. The highest BCUT2D eigenvalue weighted by Crippen LogP contribution is 2.23. The normalized spacial score (nSPS) is 14.2. The Labute approximate surface area is 138 Å². The number of Topliss-reactive ketones (excluding diaryl/α,β-unsaturated/α-hetero) is 1. The van der Waals surface area contributed by atoms with E-state index in [4.69, 9.17) is 0 Å². The topological polar surface area (TPSA) is 60.1 Å². The van der Waals surface area contributed by atoms with Gasteiger partial charge in [0.25, 0.3) is 5.78 Å². The molecule has 2 aromatic heterocycles. The zero-order chi connectivity index (χ0) is 15.8. The fourth-order valence-electron chi connectivity index (χ4n) is 2.82. The smallest absolute Gasteiger partial charge is 0.253 e. The van der Waals surface area contributed by atoms with Gasteiger partial charge in [-0.05, 0) is 25.3 Å². The molecule has 0 spiro atoms. The largest absolute Gasteiger partial charge is 0.294 e. The maximum absolute atomic E-state index is 12.0. The van der Waals surface area contributed by atoms with Crippen LogP contribution in [0.15, 0.2) is 35.6 Å². The fourth-order valence-corrected chi connectivity index (χ4v) is 3.59. The summed E-state index contributed by atoms with van der Waals surface area (Å²) in [5, 5.41) is 5.14. The Morgan fingerprint density at radius 3 is 3.04 bits per heavy atom. The first-order valence-electron chi connectivity index (χ1n) is 7.67. The minimum absolute atomic E-state index is 0.158. The number of aromatic nitrogens is 4. The van der Waals surface area contributed by atoms with E-state index in [0.29, 0.717) is 22.9 Å². The van der Waals surface area contributed by atoms with Gasteiger partial charge < -0.3 is 0 Å². The predicted molar refractivity (Wildman–Crippen MR) is 88.8 cm³/mol. The van der Waals surface area contributed by atoms with Crippen LogP contribution in [0.3, 0.4) is 0 Å². The van der Waals surface area contributed by atoms with Crippen molar-refractivity contribution >= 4 is 23.3 Å². The van der Waals surface area contributed by atoms with Crippen molar-refractivity contribution in [1.82, 2.24) is 19.6 Å². The van der Waals surface area contributed by atoms with Crippen LogP contribution in [-0.2, 0) is 12.2 Å². The maximum Gasteiger partial charge on any atom is 0.253 e. The van der Waals surface area contributed by atoms with Gasteiger partial charge in [0.15, 0.2) is 5.78 Å². The number of hydrogen-bond acceptors (Lipinski definition) is 5. The Balaban J connectivity index is 1.60. The molecular formula is C17H16N4OS. The van der Waals surface area contributed by atoms with Gasteiger partial charge >= 0.3 is 0 Å². The zero-order valence-electron chi connectivity index (χ0n) is 12.8. The van der Waals surface area contributed by atoms with E-state index in [-0.39, 0.29) is 5.78 Å². The minimum atomic E-state index is 0.158. The summed E-state index contributed by atoms with van der Waals surface area (Å²) < 4.78 is 1.63. The molecule has 0 radical (unpaired) electrons. The Morgan fingerprint density at radius 2 is 2.17 bits per heavy atom. The second-order valence-electron chi connectivity index (χ2n) is 5.79. The van der Waals surface area contributed by atoms with E-state index in [9.17, 15) is 4.79 Å². The Bertz CT molecular complexity index is 903. The van der Waals surface area contributed by atoms with Crippen molar-refractivity contribution in [2.75, 3.05) is 0 Å². The highest BCUT2D eigenvalue weighted by Gasteiger charge is 2.20. The second-order valence-corrected chi connectivity index (χ2v) is 6.74. The Kier molecular flexibility index (Phi) is 3.61. The quantitative estimate of drug-likeness (QED) is 0.692. The number of nitrogens with zero attached hydrogens (tertiary/aromatic N) is 4. The lowest BCUT2D eigenvalue weighted by atomic mass is 9.96. The molecule has 2 heterocycles. The van der Waals surface area contributed by atoms with Crippen LogP contribution in [0.1, 0.15) is 40.0 Å². The molecule has 0 atom stereocenters. The summed E-state index contributed by atoms with van der Waals surface area (Å²) in [7, 11) is 0. The van der Waals surface area contributed by atoms with Crippen LogP contribution in [0.25, 0.3) is 5.78 Å². The van der Waals surface area contributed by atoms with Crippen LogP contribution in [0.4, 0.5) is 0 Å². The second kappa shape index (κ2) is 5.77. The first-order valence-corrected chi connectivity index (χ1v) is 8.65. The summed E-state index contributed by atoms with van der Waals surface area (Å²) in [5.41, 5.74) is 4.05. The van der Waals surface area contributed by atoms with Gasteiger partial charge in [-0.25, -0.2) is 9.50 Å². The number of hydrogen-bond donors (Lipinski definition) is 0. The van der Waals surface area contributed by atoms with Gasteiger partial charge in [0.1, 0.15) is 0 Å². The first kappa shape index (κ1) is 14.4. The van der Waals surface area contributed by atoms with E-state index in [0.717, 1.165) is 24.3 Å². The molecule has 0 amide bonds. The van der Waals surface area contributed by atoms with Crippen molar-refractivity contribution < 1.29 is 4.79 Å². The summed E-state index contributed by atoms with van der Waals surface area (Å²) in [4.78, 5) is 21.0. The van der Waals surface area contributed by atoms with E-state index in [1.807, 2.05) is 0 Å². The first-order chi connectivity index (χ1) is 11.2. The average molecular weight is 324 g/mol. The maximum atomic E-state index is 12.0. The molecule has 5 nitrogen and oxygen atoms in total. The molecule has 1 aliphatic rings. The molecule has 0 aliphatic heterocycles. The highest BCUT2D eigenvalue weighted by atomic mass is 32.2. The van der Waals surface area contributed by atoms with Gasteiger partial charge in [0, 0.05) is 18.4 Å². The molecule has 6 heteroatoms. The molecule has 3 aromatic rings. The molecule has 23 heavy (non-hydrogen) atoms. The van der Waals surface area contributed by atoms with E-state index in [1.165, 1.54) is 11.1 Å². The summed E-state index contributed by atoms with van der Waals surface area (Å²) in [5.74, 6) is 1.55. The molecule has 0 bridgehead atoms. The molecule has 116 valence electrons. The molecular weight excluding hydrogens is 308 g/mol. The lowest BCUT2D eigenvalue weighted by Crippen LogP contribution is -2.14.